The van der Waals surface area contributed by atoms with Gasteiger partial charge in [0.25, 0.3) is 0 Å². The number of hydrogen-bond acceptors (Lipinski definition) is 6. The number of rotatable bonds is 10. The van der Waals surface area contributed by atoms with E-state index in [9.17, 15) is 14.4 Å². The van der Waals surface area contributed by atoms with Gasteiger partial charge in [-0.2, -0.15) is 0 Å². The highest BCUT2D eigenvalue weighted by molar-refractivity contribution is 7.13. The third kappa shape index (κ3) is 7.47. The molecule has 1 aliphatic rings. The van der Waals surface area contributed by atoms with Gasteiger partial charge in [0.05, 0.1) is 31.5 Å². The molecule has 3 amide bonds. The molecule has 9 heteroatoms. The molecule has 32 heavy (non-hydrogen) atoms. The number of anilines is 1. The zero-order valence-corrected chi connectivity index (χ0v) is 19.6. The van der Waals surface area contributed by atoms with Gasteiger partial charge < -0.3 is 20.0 Å². The molecule has 1 saturated carbocycles. The van der Waals surface area contributed by atoms with Crippen LogP contribution in [0, 0.1) is 11.8 Å². The topological polar surface area (TPSA) is 105 Å². The molecule has 0 unspecified atom stereocenters. The molecule has 1 fully saturated rings. The molecule has 0 aliphatic heterocycles. The molecular weight excluding hydrogens is 428 g/mol. The number of aromatic nitrogens is 1. The van der Waals surface area contributed by atoms with E-state index in [4.69, 9.17) is 4.42 Å². The Hall–Kier alpha value is -2.68. The van der Waals surface area contributed by atoms with Crippen LogP contribution in [0.3, 0.4) is 0 Å². The summed E-state index contributed by atoms with van der Waals surface area (Å²) in [6.45, 7) is 4.99. The largest absolute Gasteiger partial charge is 0.467 e. The number of amides is 3. The van der Waals surface area contributed by atoms with Gasteiger partial charge in [-0.25, -0.2) is 4.98 Å². The van der Waals surface area contributed by atoms with Crippen molar-refractivity contribution in [2.75, 3.05) is 18.4 Å². The molecule has 0 bridgehead atoms. The summed E-state index contributed by atoms with van der Waals surface area (Å²) in [4.78, 5) is 43.7. The molecule has 0 radical (unpaired) electrons. The van der Waals surface area contributed by atoms with E-state index in [0.29, 0.717) is 29.7 Å². The molecule has 3 rings (SSSR count). The quantitative estimate of drug-likeness (QED) is 0.564. The van der Waals surface area contributed by atoms with E-state index < -0.39 is 0 Å². The van der Waals surface area contributed by atoms with Crippen LogP contribution in [0.2, 0.25) is 0 Å². The highest BCUT2D eigenvalue weighted by Crippen LogP contribution is 2.26. The van der Waals surface area contributed by atoms with Crippen molar-refractivity contribution in [3.63, 3.8) is 0 Å². The molecule has 174 valence electrons. The number of carbonyl (C=O) groups is 3. The first-order valence-electron chi connectivity index (χ1n) is 11.2. The molecule has 0 atom stereocenters. The lowest BCUT2D eigenvalue weighted by Crippen LogP contribution is -2.43. The molecule has 8 nitrogen and oxygen atoms in total. The predicted octanol–water partition coefficient (Wildman–Crippen LogP) is 3.60. The zero-order chi connectivity index (χ0) is 22.9. The summed E-state index contributed by atoms with van der Waals surface area (Å²) >= 11 is 1.27. The van der Waals surface area contributed by atoms with Crippen LogP contribution in [0.5, 0.6) is 0 Å². The van der Waals surface area contributed by atoms with Crippen LogP contribution in [0.1, 0.15) is 57.4 Å². The van der Waals surface area contributed by atoms with Gasteiger partial charge in [0, 0.05) is 17.8 Å². The van der Waals surface area contributed by atoms with Crippen molar-refractivity contribution in [2.45, 2.75) is 58.9 Å². The molecule has 2 N–H and O–H groups in total. The van der Waals surface area contributed by atoms with E-state index in [1.165, 1.54) is 17.8 Å². The Balaban J connectivity index is 1.49. The van der Waals surface area contributed by atoms with E-state index in [2.05, 4.69) is 15.6 Å². The van der Waals surface area contributed by atoms with Crippen LogP contribution in [0.25, 0.3) is 0 Å². The first-order valence-corrected chi connectivity index (χ1v) is 12.1. The molecule has 0 spiro atoms. The zero-order valence-electron chi connectivity index (χ0n) is 18.8. The fraction of sp³-hybridized carbons (Fsp3) is 0.565. The smallest absolute Gasteiger partial charge is 0.245 e. The maximum atomic E-state index is 13.0. The van der Waals surface area contributed by atoms with Crippen molar-refractivity contribution >= 4 is 34.2 Å². The highest BCUT2D eigenvalue weighted by Gasteiger charge is 2.27. The van der Waals surface area contributed by atoms with Crippen molar-refractivity contribution in [3.8, 4) is 0 Å². The summed E-state index contributed by atoms with van der Waals surface area (Å²) in [6, 6.07) is 3.56. The van der Waals surface area contributed by atoms with Crippen LogP contribution in [-0.2, 0) is 27.3 Å². The second kappa shape index (κ2) is 11.8. The Morgan fingerprint density at radius 2 is 2.00 bits per heavy atom. The van der Waals surface area contributed by atoms with Crippen LogP contribution in [-0.4, -0.2) is 40.7 Å². The molecule has 2 aromatic rings. The normalized spacial score (nSPS) is 14.3. The fourth-order valence-corrected chi connectivity index (χ4v) is 4.61. The summed E-state index contributed by atoms with van der Waals surface area (Å²) in [5.41, 5.74) is 0.583. The lowest BCUT2D eigenvalue weighted by molar-refractivity contribution is -0.139. The number of nitrogens with one attached hydrogen (secondary N) is 2. The molecule has 2 aromatic heterocycles. The van der Waals surface area contributed by atoms with Crippen molar-refractivity contribution in [3.05, 3.63) is 35.2 Å². The van der Waals surface area contributed by atoms with E-state index in [1.807, 2.05) is 13.8 Å². The van der Waals surface area contributed by atoms with Crippen molar-refractivity contribution in [1.29, 1.82) is 0 Å². The standard InChI is InChI=1S/C23H32N4O4S/c1-16(2)13-27(22(30)17-7-4-3-5-8-17)14-21(29)26-23-25-18(15-32-23)11-20(28)24-12-19-9-6-10-31-19/h6,9-10,15-17H,3-5,7-8,11-14H2,1-2H3,(H,24,28)(H,25,26,29). The minimum Gasteiger partial charge on any atom is -0.467 e. The average Bonchev–Trinajstić information content (AvgIpc) is 3.43. The molecule has 0 aromatic carbocycles. The number of carbonyl (C=O) groups excluding carboxylic acids is 3. The Kier molecular flexibility index (Phi) is 8.84. The number of nitrogens with zero attached hydrogens (tertiary/aromatic N) is 2. The third-order valence-electron chi connectivity index (χ3n) is 5.37. The van der Waals surface area contributed by atoms with Crippen LogP contribution < -0.4 is 10.6 Å². The van der Waals surface area contributed by atoms with Gasteiger partial charge in [0.2, 0.25) is 17.7 Å². The number of hydrogen-bond donors (Lipinski definition) is 2. The molecule has 2 heterocycles. The summed E-state index contributed by atoms with van der Waals surface area (Å²) < 4.78 is 5.19. The first-order chi connectivity index (χ1) is 15.4. The van der Waals surface area contributed by atoms with E-state index in [-0.39, 0.29) is 42.5 Å². The Labute approximate surface area is 192 Å². The van der Waals surface area contributed by atoms with Crippen molar-refractivity contribution in [1.82, 2.24) is 15.2 Å². The lowest BCUT2D eigenvalue weighted by atomic mass is 9.88. The van der Waals surface area contributed by atoms with Gasteiger partial charge in [-0.1, -0.05) is 33.1 Å². The van der Waals surface area contributed by atoms with Gasteiger partial charge in [0.1, 0.15) is 5.76 Å². The molecule has 0 saturated heterocycles. The monoisotopic (exact) mass is 460 g/mol. The summed E-state index contributed by atoms with van der Waals surface area (Å²) in [6.07, 6.45) is 6.83. The van der Waals surface area contributed by atoms with E-state index in [0.717, 1.165) is 25.7 Å². The van der Waals surface area contributed by atoms with Crippen LogP contribution >= 0.6 is 11.3 Å². The van der Waals surface area contributed by atoms with Gasteiger partial charge in [-0.05, 0) is 30.9 Å². The van der Waals surface area contributed by atoms with E-state index in [1.54, 1.807) is 28.7 Å². The van der Waals surface area contributed by atoms with Gasteiger partial charge in [-0.15, -0.1) is 11.3 Å². The minimum absolute atomic E-state index is 0.0199. The van der Waals surface area contributed by atoms with Gasteiger partial charge in [0.15, 0.2) is 5.13 Å². The first kappa shape index (κ1) is 24.0. The fourth-order valence-electron chi connectivity index (χ4n) is 3.88. The minimum atomic E-state index is -0.266. The number of furan rings is 1. The molecule has 1 aliphatic carbocycles. The Morgan fingerprint density at radius 3 is 2.69 bits per heavy atom. The van der Waals surface area contributed by atoms with Crippen LogP contribution in [0.4, 0.5) is 5.13 Å². The summed E-state index contributed by atoms with van der Waals surface area (Å²) in [7, 11) is 0. The van der Waals surface area contributed by atoms with Crippen molar-refractivity contribution < 1.29 is 18.8 Å². The van der Waals surface area contributed by atoms with Crippen LogP contribution in [0.15, 0.2) is 28.2 Å². The Morgan fingerprint density at radius 1 is 1.22 bits per heavy atom. The SMILES string of the molecule is CC(C)CN(CC(=O)Nc1nc(CC(=O)NCc2ccco2)cs1)C(=O)C1CCCCC1. The molecular formula is C23H32N4O4S. The predicted molar refractivity (Wildman–Crippen MR) is 123 cm³/mol. The summed E-state index contributed by atoms with van der Waals surface area (Å²) in [5.74, 6) is 0.631. The van der Waals surface area contributed by atoms with Crippen molar-refractivity contribution in [2.24, 2.45) is 11.8 Å². The second-order valence-corrected chi connectivity index (χ2v) is 9.53. The number of thiazole rings is 1. The lowest BCUT2D eigenvalue weighted by Gasteiger charge is -2.30. The third-order valence-corrected chi connectivity index (χ3v) is 6.17. The average molecular weight is 461 g/mol. The highest BCUT2D eigenvalue weighted by atomic mass is 32.1. The van der Waals surface area contributed by atoms with Gasteiger partial charge >= 0.3 is 0 Å². The maximum absolute atomic E-state index is 13.0. The summed E-state index contributed by atoms with van der Waals surface area (Å²) in [5, 5.41) is 7.73. The second-order valence-electron chi connectivity index (χ2n) is 8.67. The van der Waals surface area contributed by atoms with E-state index >= 15 is 0 Å². The van der Waals surface area contributed by atoms with Gasteiger partial charge in [-0.3, -0.25) is 14.4 Å². The Bertz CT molecular complexity index is 888. The maximum Gasteiger partial charge on any atom is 0.245 e.